The fourth-order valence-electron chi connectivity index (χ4n) is 3.25. The zero-order valence-electron chi connectivity index (χ0n) is 18.5. The number of carboxylic acids is 1. The van der Waals surface area contributed by atoms with Gasteiger partial charge in [-0.05, 0) is 19.4 Å². The van der Waals surface area contributed by atoms with Gasteiger partial charge in [0.25, 0.3) is 0 Å². The van der Waals surface area contributed by atoms with E-state index in [1.54, 1.807) is 0 Å². The van der Waals surface area contributed by atoms with Crippen molar-refractivity contribution in [2.24, 2.45) is 0 Å². The first-order chi connectivity index (χ1) is 13.6. The van der Waals surface area contributed by atoms with Crippen molar-refractivity contribution in [2.45, 2.75) is 123 Å². The van der Waals surface area contributed by atoms with Crippen LogP contribution in [0.25, 0.3) is 0 Å². The summed E-state index contributed by atoms with van der Waals surface area (Å²) < 4.78 is 5.20. The Morgan fingerprint density at radius 2 is 1.21 bits per heavy atom. The molecule has 0 aromatic heterocycles. The molecule has 0 amide bonds. The molecule has 0 radical (unpaired) electrons. The SMILES string of the molecule is CCCCCCCCCCNC(CC(=O)OCCCCCCCCC)C(=O)O. The molecule has 166 valence electrons. The molecule has 0 bridgehead atoms. The maximum absolute atomic E-state index is 11.9. The van der Waals surface area contributed by atoms with Gasteiger partial charge in [0.05, 0.1) is 13.0 Å². The molecule has 0 aliphatic heterocycles. The van der Waals surface area contributed by atoms with Crippen LogP contribution in [0.15, 0.2) is 0 Å². The van der Waals surface area contributed by atoms with Crippen molar-refractivity contribution >= 4 is 11.9 Å². The Hall–Kier alpha value is -1.10. The number of hydrogen-bond donors (Lipinski definition) is 2. The average molecular weight is 400 g/mol. The van der Waals surface area contributed by atoms with E-state index in [1.165, 1.54) is 70.6 Å². The van der Waals surface area contributed by atoms with Crippen molar-refractivity contribution in [1.82, 2.24) is 5.32 Å². The Balaban J connectivity index is 3.67. The molecular weight excluding hydrogens is 354 g/mol. The van der Waals surface area contributed by atoms with Crippen molar-refractivity contribution in [1.29, 1.82) is 0 Å². The number of carbonyl (C=O) groups excluding carboxylic acids is 1. The lowest BCUT2D eigenvalue weighted by Crippen LogP contribution is -2.39. The highest BCUT2D eigenvalue weighted by atomic mass is 16.5. The lowest BCUT2D eigenvalue weighted by molar-refractivity contribution is -0.149. The number of esters is 1. The van der Waals surface area contributed by atoms with E-state index in [4.69, 9.17) is 4.74 Å². The molecule has 0 spiro atoms. The predicted molar refractivity (Wildman–Crippen MR) is 116 cm³/mol. The summed E-state index contributed by atoms with van der Waals surface area (Å²) in [4.78, 5) is 23.2. The van der Waals surface area contributed by atoms with Crippen LogP contribution in [-0.2, 0) is 14.3 Å². The number of carbonyl (C=O) groups is 2. The van der Waals surface area contributed by atoms with Gasteiger partial charge in [-0.3, -0.25) is 9.59 Å². The van der Waals surface area contributed by atoms with Crippen molar-refractivity contribution in [3.63, 3.8) is 0 Å². The smallest absolute Gasteiger partial charge is 0.321 e. The molecule has 5 heteroatoms. The summed E-state index contributed by atoms with van der Waals surface area (Å²) in [6.45, 7) is 5.46. The highest BCUT2D eigenvalue weighted by Crippen LogP contribution is 2.09. The first-order valence-electron chi connectivity index (χ1n) is 11.7. The van der Waals surface area contributed by atoms with Gasteiger partial charge in [0.15, 0.2) is 0 Å². The Labute approximate surface area is 173 Å². The Kier molecular flexibility index (Phi) is 19.8. The van der Waals surface area contributed by atoms with Crippen LogP contribution in [0.5, 0.6) is 0 Å². The average Bonchev–Trinajstić information content (AvgIpc) is 2.67. The Morgan fingerprint density at radius 3 is 1.71 bits per heavy atom. The molecule has 1 unspecified atom stereocenters. The van der Waals surface area contributed by atoms with Gasteiger partial charge in [-0.15, -0.1) is 0 Å². The molecule has 0 aliphatic carbocycles. The lowest BCUT2D eigenvalue weighted by Gasteiger charge is -2.14. The number of aliphatic carboxylic acids is 1. The second-order valence-electron chi connectivity index (χ2n) is 7.87. The highest BCUT2D eigenvalue weighted by Gasteiger charge is 2.21. The van der Waals surface area contributed by atoms with Gasteiger partial charge in [-0.25, -0.2) is 0 Å². The molecule has 0 fully saturated rings. The number of hydrogen-bond acceptors (Lipinski definition) is 4. The van der Waals surface area contributed by atoms with E-state index in [0.29, 0.717) is 13.2 Å². The summed E-state index contributed by atoms with van der Waals surface area (Å²) in [5, 5.41) is 12.3. The van der Waals surface area contributed by atoms with Crippen LogP contribution < -0.4 is 5.32 Å². The second-order valence-corrected chi connectivity index (χ2v) is 7.87. The van der Waals surface area contributed by atoms with Crippen LogP contribution in [0.4, 0.5) is 0 Å². The van der Waals surface area contributed by atoms with Gasteiger partial charge in [0.1, 0.15) is 6.04 Å². The van der Waals surface area contributed by atoms with Crippen molar-refractivity contribution < 1.29 is 19.4 Å². The van der Waals surface area contributed by atoms with Crippen LogP contribution in [0.1, 0.15) is 117 Å². The number of carboxylic acid groups (broad SMARTS) is 1. The number of unbranched alkanes of at least 4 members (excludes halogenated alkanes) is 13. The van der Waals surface area contributed by atoms with Gasteiger partial charge >= 0.3 is 11.9 Å². The summed E-state index contributed by atoms with van der Waals surface area (Å²) in [5.41, 5.74) is 0. The normalized spacial score (nSPS) is 12.1. The van der Waals surface area contributed by atoms with Crippen LogP contribution in [-0.4, -0.2) is 36.2 Å². The third-order valence-corrected chi connectivity index (χ3v) is 5.10. The molecule has 0 saturated heterocycles. The lowest BCUT2D eigenvalue weighted by atomic mass is 10.1. The van der Waals surface area contributed by atoms with E-state index in [9.17, 15) is 14.7 Å². The van der Waals surface area contributed by atoms with E-state index in [1.807, 2.05) is 0 Å². The third kappa shape index (κ3) is 18.3. The highest BCUT2D eigenvalue weighted by molar-refractivity contribution is 5.81. The molecule has 2 N–H and O–H groups in total. The molecule has 0 saturated carbocycles. The fraction of sp³-hybridized carbons (Fsp3) is 0.913. The maximum atomic E-state index is 11.9. The summed E-state index contributed by atoms with van der Waals surface area (Å²) >= 11 is 0. The molecule has 0 aromatic carbocycles. The molecule has 5 nitrogen and oxygen atoms in total. The second kappa shape index (κ2) is 20.6. The van der Waals surface area contributed by atoms with E-state index in [-0.39, 0.29) is 6.42 Å². The Bertz CT molecular complexity index is 374. The van der Waals surface area contributed by atoms with E-state index < -0.39 is 18.0 Å². The summed E-state index contributed by atoms with van der Waals surface area (Å²) in [7, 11) is 0. The minimum absolute atomic E-state index is 0.0944. The first kappa shape index (κ1) is 26.9. The summed E-state index contributed by atoms with van der Waals surface area (Å²) in [6.07, 6.45) is 17.8. The number of nitrogens with one attached hydrogen (secondary N) is 1. The topological polar surface area (TPSA) is 75.6 Å². The largest absolute Gasteiger partial charge is 0.480 e. The molecule has 1 atom stereocenters. The van der Waals surface area contributed by atoms with Crippen LogP contribution >= 0.6 is 0 Å². The van der Waals surface area contributed by atoms with Crippen molar-refractivity contribution in [3.05, 3.63) is 0 Å². The number of ether oxygens (including phenoxy) is 1. The fourth-order valence-corrected chi connectivity index (χ4v) is 3.25. The molecule has 0 heterocycles. The molecule has 28 heavy (non-hydrogen) atoms. The minimum Gasteiger partial charge on any atom is -0.480 e. The predicted octanol–water partition coefficient (Wildman–Crippen LogP) is 5.85. The standard InChI is InChI=1S/C23H45NO4/c1-3-5-7-9-11-12-14-16-18-24-21(23(26)27)20-22(25)28-19-17-15-13-10-8-6-4-2/h21,24H,3-20H2,1-2H3,(H,26,27). The van der Waals surface area contributed by atoms with Gasteiger partial charge in [0.2, 0.25) is 0 Å². The monoisotopic (exact) mass is 399 g/mol. The molecular formula is C23H45NO4. The zero-order valence-corrected chi connectivity index (χ0v) is 18.5. The van der Waals surface area contributed by atoms with Crippen molar-refractivity contribution in [3.8, 4) is 0 Å². The summed E-state index contributed by atoms with van der Waals surface area (Å²) in [5.74, 6) is -1.39. The third-order valence-electron chi connectivity index (χ3n) is 5.10. The van der Waals surface area contributed by atoms with Gasteiger partial charge < -0.3 is 15.2 Å². The van der Waals surface area contributed by atoms with Gasteiger partial charge in [-0.1, -0.05) is 97.3 Å². The quantitative estimate of drug-likeness (QED) is 0.187. The van der Waals surface area contributed by atoms with Crippen molar-refractivity contribution in [2.75, 3.05) is 13.2 Å². The van der Waals surface area contributed by atoms with E-state index >= 15 is 0 Å². The zero-order chi connectivity index (χ0) is 20.9. The maximum Gasteiger partial charge on any atom is 0.321 e. The van der Waals surface area contributed by atoms with Crippen LogP contribution in [0, 0.1) is 0 Å². The Morgan fingerprint density at radius 1 is 0.750 bits per heavy atom. The number of rotatable bonds is 21. The molecule has 0 aromatic rings. The molecule has 0 aliphatic rings. The minimum atomic E-state index is -0.979. The molecule has 0 rings (SSSR count). The van der Waals surface area contributed by atoms with Gasteiger partial charge in [0, 0.05) is 0 Å². The van der Waals surface area contributed by atoms with E-state index in [2.05, 4.69) is 19.2 Å². The van der Waals surface area contributed by atoms with Crippen LogP contribution in [0.3, 0.4) is 0 Å². The van der Waals surface area contributed by atoms with Crippen LogP contribution in [0.2, 0.25) is 0 Å². The van der Waals surface area contributed by atoms with E-state index in [0.717, 1.165) is 25.7 Å². The summed E-state index contributed by atoms with van der Waals surface area (Å²) in [6, 6.07) is -0.842. The van der Waals surface area contributed by atoms with Gasteiger partial charge in [-0.2, -0.15) is 0 Å². The first-order valence-corrected chi connectivity index (χ1v) is 11.7.